The fourth-order valence-corrected chi connectivity index (χ4v) is 3.44. The van der Waals surface area contributed by atoms with E-state index < -0.39 is 0 Å². The fourth-order valence-electron chi connectivity index (χ4n) is 3.44. The highest BCUT2D eigenvalue weighted by Gasteiger charge is 2.34. The lowest BCUT2D eigenvalue weighted by Gasteiger charge is -2.41. The topological polar surface area (TPSA) is 12.0 Å². The summed E-state index contributed by atoms with van der Waals surface area (Å²) >= 11 is 0. The molecule has 1 N–H and O–H groups in total. The molecule has 1 aliphatic carbocycles. The standard InChI is InChI=1S/C17H35N/c1-6-7-8-9-15-12-17(4,5)11-10-16(15)13-18-14(2)3/h14-16,18H,6-13H2,1-5H3. The summed E-state index contributed by atoms with van der Waals surface area (Å²) in [5.41, 5.74) is 0.589. The van der Waals surface area contributed by atoms with E-state index in [0.717, 1.165) is 11.8 Å². The van der Waals surface area contributed by atoms with Gasteiger partial charge in [-0.2, -0.15) is 0 Å². The third-order valence-corrected chi connectivity index (χ3v) is 4.64. The number of unbranched alkanes of at least 4 members (excludes halogenated alkanes) is 2. The molecule has 0 aromatic carbocycles. The Balaban J connectivity index is 2.45. The second-order valence-electron chi connectivity index (χ2n) is 7.49. The average molecular weight is 253 g/mol. The van der Waals surface area contributed by atoms with E-state index in [9.17, 15) is 0 Å². The first-order chi connectivity index (χ1) is 8.44. The number of nitrogens with one attached hydrogen (secondary N) is 1. The molecule has 108 valence electrons. The Morgan fingerprint density at radius 2 is 1.89 bits per heavy atom. The molecule has 0 bridgehead atoms. The minimum atomic E-state index is 0.589. The smallest absolute Gasteiger partial charge is 0.00104 e. The van der Waals surface area contributed by atoms with Crippen LogP contribution in [-0.4, -0.2) is 12.6 Å². The monoisotopic (exact) mass is 253 g/mol. The lowest BCUT2D eigenvalue weighted by molar-refractivity contribution is 0.106. The van der Waals surface area contributed by atoms with Crippen LogP contribution in [0.25, 0.3) is 0 Å². The van der Waals surface area contributed by atoms with Gasteiger partial charge in [0.25, 0.3) is 0 Å². The SMILES string of the molecule is CCCCCC1CC(C)(C)CCC1CNC(C)C. The zero-order valence-corrected chi connectivity index (χ0v) is 13.4. The molecule has 1 heteroatoms. The molecule has 0 spiro atoms. The summed E-state index contributed by atoms with van der Waals surface area (Å²) in [7, 11) is 0. The number of hydrogen-bond donors (Lipinski definition) is 1. The van der Waals surface area contributed by atoms with Gasteiger partial charge in [0.15, 0.2) is 0 Å². The van der Waals surface area contributed by atoms with Crippen LogP contribution >= 0.6 is 0 Å². The summed E-state index contributed by atoms with van der Waals surface area (Å²) in [5, 5.41) is 3.66. The van der Waals surface area contributed by atoms with Crippen LogP contribution in [0.1, 0.15) is 79.6 Å². The van der Waals surface area contributed by atoms with Gasteiger partial charge in [-0.3, -0.25) is 0 Å². The van der Waals surface area contributed by atoms with E-state index in [4.69, 9.17) is 0 Å². The van der Waals surface area contributed by atoms with Crippen LogP contribution in [0.5, 0.6) is 0 Å². The zero-order valence-electron chi connectivity index (χ0n) is 13.4. The molecule has 1 saturated carbocycles. The van der Waals surface area contributed by atoms with Crippen molar-refractivity contribution in [3.63, 3.8) is 0 Å². The van der Waals surface area contributed by atoms with Crippen molar-refractivity contribution < 1.29 is 0 Å². The molecule has 0 saturated heterocycles. The second kappa shape index (κ2) is 7.53. The van der Waals surface area contributed by atoms with E-state index in [1.807, 2.05) is 0 Å². The van der Waals surface area contributed by atoms with Gasteiger partial charge < -0.3 is 5.32 Å². The summed E-state index contributed by atoms with van der Waals surface area (Å²) in [6, 6.07) is 0.635. The average Bonchev–Trinajstić information content (AvgIpc) is 2.27. The van der Waals surface area contributed by atoms with Crippen LogP contribution in [-0.2, 0) is 0 Å². The molecule has 1 nitrogen and oxygen atoms in total. The summed E-state index contributed by atoms with van der Waals surface area (Å²) in [6.07, 6.45) is 9.97. The van der Waals surface area contributed by atoms with E-state index in [1.54, 1.807) is 0 Å². The number of rotatable bonds is 7. The van der Waals surface area contributed by atoms with Crippen molar-refractivity contribution in [1.82, 2.24) is 5.32 Å². The Labute approximate surface area is 115 Å². The van der Waals surface area contributed by atoms with E-state index in [1.165, 1.54) is 51.5 Å². The van der Waals surface area contributed by atoms with Gasteiger partial charge in [0.2, 0.25) is 0 Å². The minimum absolute atomic E-state index is 0.589. The van der Waals surface area contributed by atoms with E-state index in [0.29, 0.717) is 11.5 Å². The quantitative estimate of drug-likeness (QED) is 0.629. The Morgan fingerprint density at radius 1 is 1.17 bits per heavy atom. The maximum Gasteiger partial charge on any atom is 0.00104 e. The van der Waals surface area contributed by atoms with Crippen molar-refractivity contribution in [2.45, 2.75) is 85.6 Å². The van der Waals surface area contributed by atoms with Crippen LogP contribution in [0.15, 0.2) is 0 Å². The van der Waals surface area contributed by atoms with Gasteiger partial charge >= 0.3 is 0 Å². The van der Waals surface area contributed by atoms with Gasteiger partial charge in [-0.15, -0.1) is 0 Å². The Kier molecular flexibility index (Phi) is 6.70. The Bertz CT molecular complexity index is 218. The maximum absolute atomic E-state index is 3.66. The predicted octanol–water partition coefficient (Wildman–Crippen LogP) is 5.01. The summed E-state index contributed by atoms with van der Waals surface area (Å²) in [5.74, 6) is 1.89. The maximum atomic E-state index is 3.66. The third kappa shape index (κ3) is 5.73. The molecule has 1 aliphatic rings. The van der Waals surface area contributed by atoms with Crippen molar-refractivity contribution in [3.8, 4) is 0 Å². The third-order valence-electron chi connectivity index (χ3n) is 4.64. The first-order valence-corrected chi connectivity index (χ1v) is 8.18. The highest BCUT2D eigenvalue weighted by atomic mass is 14.9. The van der Waals surface area contributed by atoms with Gasteiger partial charge in [-0.1, -0.05) is 60.3 Å². The van der Waals surface area contributed by atoms with Crippen LogP contribution in [0, 0.1) is 17.3 Å². The lowest BCUT2D eigenvalue weighted by Crippen LogP contribution is -2.38. The molecular formula is C17H35N. The fraction of sp³-hybridized carbons (Fsp3) is 1.00. The predicted molar refractivity (Wildman–Crippen MR) is 81.9 cm³/mol. The van der Waals surface area contributed by atoms with Crippen molar-refractivity contribution in [3.05, 3.63) is 0 Å². The lowest BCUT2D eigenvalue weighted by atomic mass is 9.66. The minimum Gasteiger partial charge on any atom is -0.314 e. The molecule has 1 fully saturated rings. The van der Waals surface area contributed by atoms with E-state index >= 15 is 0 Å². The molecular weight excluding hydrogens is 218 g/mol. The molecule has 0 amide bonds. The molecule has 2 atom stereocenters. The molecule has 0 aromatic rings. The van der Waals surface area contributed by atoms with Crippen LogP contribution in [0.4, 0.5) is 0 Å². The molecule has 1 rings (SSSR count). The molecule has 2 unspecified atom stereocenters. The molecule has 0 aliphatic heterocycles. The summed E-state index contributed by atoms with van der Waals surface area (Å²) in [4.78, 5) is 0. The van der Waals surface area contributed by atoms with Gasteiger partial charge in [0.1, 0.15) is 0 Å². The first kappa shape index (κ1) is 16.0. The van der Waals surface area contributed by atoms with Crippen molar-refractivity contribution >= 4 is 0 Å². The zero-order chi connectivity index (χ0) is 13.6. The van der Waals surface area contributed by atoms with E-state index in [-0.39, 0.29) is 0 Å². The molecule has 0 aromatic heterocycles. The van der Waals surface area contributed by atoms with Crippen LogP contribution in [0.2, 0.25) is 0 Å². The van der Waals surface area contributed by atoms with E-state index in [2.05, 4.69) is 39.9 Å². The van der Waals surface area contributed by atoms with Crippen LogP contribution < -0.4 is 5.32 Å². The van der Waals surface area contributed by atoms with Crippen molar-refractivity contribution in [2.75, 3.05) is 6.54 Å². The largest absolute Gasteiger partial charge is 0.314 e. The van der Waals surface area contributed by atoms with Gasteiger partial charge in [0.05, 0.1) is 0 Å². The Morgan fingerprint density at radius 3 is 2.50 bits per heavy atom. The van der Waals surface area contributed by atoms with Gasteiger partial charge in [-0.25, -0.2) is 0 Å². The van der Waals surface area contributed by atoms with Gasteiger partial charge in [-0.05, 0) is 43.1 Å². The highest BCUT2D eigenvalue weighted by Crippen LogP contribution is 2.43. The highest BCUT2D eigenvalue weighted by molar-refractivity contribution is 4.86. The number of hydrogen-bond acceptors (Lipinski definition) is 1. The normalized spacial score (nSPS) is 27.7. The Hall–Kier alpha value is -0.0400. The molecule has 0 radical (unpaired) electrons. The molecule has 0 heterocycles. The second-order valence-corrected chi connectivity index (χ2v) is 7.49. The molecule has 18 heavy (non-hydrogen) atoms. The first-order valence-electron chi connectivity index (χ1n) is 8.18. The summed E-state index contributed by atoms with van der Waals surface area (Å²) < 4.78 is 0. The van der Waals surface area contributed by atoms with Crippen molar-refractivity contribution in [2.24, 2.45) is 17.3 Å². The van der Waals surface area contributed by atoms with Crippen molar-refractivity contribution in [1.29, 1.82) is 0 Å². The summed E-state index contributed by atoms with van der Waals surface area (Å²) in [6.45, 7) is 13.0. The van der Waals surface area contributed by atoms with Crippen LogP contribution in [0.3, 0.4) is 0 Å². The van der Waals surface area contributed by atoms with Gasteiger partial charge in [0, 0.05) is 6.04 Å².